The average molecular weight is 375 g/mol. The van der Waals surface area contributed by atoms with Gasteiger partial charge in [-0.15, -0.1) is 0 Å². The molecule has 2 aliphatic carbocycles. The van der Waals surface area contributed by atoms with Gasteiger partial charge in [-0.25, -0.2) is 4.79 Å². The Morgan fingerprint density at radius 2 is 2.07 bits per heavy atom. The highest BCUT2D eigenvalue weighted by Crippen LogP contribution is 2.45. The van der Waals surface area contributed by atoms with Gasteiger partial charge in [-0.3, -0.25) is 4.98 Å². The summed E-state index contributed by atoms with van der Waals surface area (Å²) in [5.74, 6) is 0.209. The van der Waals surface area contributed by atoms with Crippen molar-refractivity contribution in [3.63, 3.8) is 0 Å². The molecule has 3 aromatic rings. The molecule has 0 unspecified atom stereocenters. The summed E-state index contributed by atoms with van der Waals surface area (Å²) in [6.45, 7) is 0. The number of aryl methyl sites for hydroxylation is 2. The van der Waals surface area contributed by atoms with Gasteiger partial charge in [0.1, 0.15) is 5.56 Å². The number of pyridine rings is 1. The van der Waals surface area contributed by atoms with Crippen molar-refractivity contribution in [2.24, 2.45) is 13.0 Å². The van der Waals surface area contributed by atoms with Gasteiger partial charge < -0.3 is 15.4 Å². The van der Waals surface area contributed by atoms with E-state index in [2.05, 4.69) is 34.9 Å². The standard InChI is InChI=1S/C23H25N3O2/c1-26-9-8-16-11-17(10-15(22(16)26)5-4-13-2-3-13)21-19(23(27)28)20(24)18(12-25-21)14-6-7-14/h8-14H,2-7H2,1H3,(H2,24,25)(H,27,28). The highest BCUT2D eigenvalue weighted by atomic mass is 16.4. The largest absolute Gasteiger partial charge is 0.478 e. The Kier molecular flexibility index (Phi) is 3.93. The van der Waals surface area contributed by atoms with Crippen molar-refractivity contribution in [1.29, 1.82) is 0 Å². The second kappa shape index (κ2) is 6.36. The first-order valence-corrected chi connectivity index (χ1v) is 10.1. The van der Waals surface area contributed by atoms with E-state index in [0.717, 1.165) is 41.7 Å². The molecule has 28 heavy (non-hydrogen) atoms. The van der Waals surface area contributed by atoms with Crippen LogP contribution in [-0.2, 0) is 13.5 Å². The summed E-state index contributed by atoms with van der Waals surface area (Å²) in [4.78, 5) is 16.6. The molecule has 2 saturated carbocycles. The first-order chi connectivity index (χ1) is 13.5. The van der Waals surface area contributed by atoms with Crippen LogP contribution in [0.25, 0.3) is 22.2 Å². The second-order valence-electron chi connectivity index (χ2n) is 8.41. The van der Waals surface area contributed by atoms with Gasteiger partial charge in [0.15, 0.2) is 0 Å². The van der Waals surface area contributed by atoms with Gasteiger partial charge in [0, 0.05) is 30.4 Å². The van der Waals surface area contributed by atoms with Crippen LogP contribution in [0, 0.1) is 5.92 Å². The lowest BCUT2D eigenvalue weighted by molar-refractivity contribution is 0.0698. The molecule has 2 heterocycles. The fourth-order valence-corrected chi connectivity index (χ4v) is 4.33. The maximum Gasteiger partial charge on any atom is 0.340 e. The number of benzene rings is 1. The average Bonchev–Trinajstić information content (AvgIpc) is 3.58. The van der Waals surface area contributed by atoms with E-state index in [1.165, 1.54) is 30.3 Å². The normalized spacial score (nSPS) is 16.6. The van der Waals surface area contributed by atoms with Gasteiger partial charge in [-0.2, -0.15) is 0 Å². The Hall–Kier alpha value is -2.82. The molecule has 0 amide bonds. The smallest absolute Gasteiger partial charge is 0.340 e. The predicted octanol–water partition coefficient (Wildman–Crippen LogP) is 4.74. The van der Waals surface area contributed by atoms with E-state index in [-0.39, 0.29) is 5.56 Å². The fourth-order valence-electron chi connectivity index (χ4n) is 4.33. The first kappa shape index (κ1) is 17.3. The number of fused-ring (bicyclic) bond motifs is 1. The number of nitrogen functional groups attached to an aromatic ring is 1. The van der Waals surface area contributed by atoms with Crippen molar-refractivity contribution < 1.29 is 9.90 Å². The molecule has 0 spiro atoms. The topological polar surface area (TPSA) is 81.1 Å². The zero-order valence-corrected chi connectivity index (χ0v) is 16.1. The van der Waals surface area contributed by atoms with E-state index < -0.39 is 5.97 Å². The summed E-state index contributed by atoms with van der Waals surface area (Å²) in [6, 6.07) is 6.25. The van der Waals surface area contributed by atoms with Crippen molar-refractivity contribution >= 4 is 22.6 Å². The zero-order valence-electron chi connectivity index (χ0n) is 16.1. The summed E-state index contributed by atoms with van der Waals surface area (Å²) < 4.78 is 2.15. The van der Waals surface area contributed by atoms with E-state index in [1.54, 1.807) is 6.20 Å². The third-order valence-electron chi connectivity index (χ3n) is 6.22. The summed E-state index contributed by atoms with van der Waals surface area (Å²) in [5, 5.41) is 11.0. The van der Waals surface area contributed by atoms with Gasteiger partial charge in [0.05, 0.1) is 16.9 Å². The number of carbonyl (C=O) groups is 1. The van der Waals surface area contributed by atoms with Crippen molar-refractivity contribution in [3.05, 3.63) is 47.3 Å². The van der Waals surface area contributed by atoms with Crippen molar-refractivity contribution in [2.75, 3.05) is 5.73 Å². The van der Waals surface area contributed by atoms with E-state index in [4.69, 9.17) is 5.73 Å². The number of hydrogen-bond acceptors (Lipinski definition) is 3. The van der Waals surface area contributed by atoms with Gasteiger partial charge in [0.25, 0.3) is 0 Å². The third-order valence-corrected chi connectivity index (χ3v) is 6.22. The lowest BCUT2D eigenvalue weighted by Crippen LogP contribution is -2.09. The Balaban J connectivity index is 1.66. The number of aromatic nitrogens is 2. The number of nitrogens with two attached hydrogens (primary N) is 1. The van der Waals surface area contributed by atoms with Gasteiger partial charge >= 0.3 is 5.97 Å². The minimum absolute atomic E-state index is 0.146. The van der Waals surface area contributed by atoms with Crippen molar-refractivity contribution in [2.45, 2.75) is 44.4 Å². The van der Waals surface area contributed by atoms with Gasteiger partial charge in [0.2, 0.25) is 0 Å². The SMILES string of the molecule is Cn1ccc2cc(-c3ncc(C4CC4)c(N)c3C(=O)O)cc(CCC3CC3)c21. The Bertz CT molecular complexity index is 1090. The summed E-state index contributed by atoms with van der Waals surface area (Å²) in [7, 11) is 2.06. The lowest BCUT2D eigenvalue weighted by atomic mass is 9.95. The Morgan fingerprint density at radius 3 is 2.75 bits per heavy atom. The molecule has 5 heteroatoms. The van der Waals surface area contributed by atoms with Crippen LogP contribution in [0.1, 0.15) is 59.5 Å². The van der Waals surface area contributed by atoms with E-state index in [9.17, 15) is 9.90 Å². The number of hydrogen-bond donors (Lipinski definition) is 2. The molecule has 1 aromatic carbocycles. The molecule has 5 nitrogen and oxygen atoms in total. The van der Waals surface area contributed by atoms with E-state index >= 15 is 0 Å². The molecule has 2 aliphatic rings. The third kappa shape index (κ3) is 2.95. The molecule has 0 radical (unpaired) electrons. The van der Waals surface area contributed by atoms with Crippen LogP contribution in [0.2, 0.25) is 0 Å². The summed E-state index contributed by atoms with van der Waals surface area (Å²) in [5.41, 5.74) is 11.5. The van der Waals surface area contributed by atoms with Crippen LogP contribution >= 0.6 is 0 Å². The maximum atomic E-state index is 12.1. The van der Waals surface area contributed by atoms with Gasteiger partial charge in [-0.05, 0) is 66.8 Å². The molecule has 0 saturated heterocycles. The molecule has 3 N–H and O–H groups in total. The molecule has 0 aliphatic heterocycles. The second-order valence-corrected chi connectivity index (χ2v) is 8.41. The highest BCUT2D eigenvalue weighted by Gasteiger charge is 2.30. The maximum absolute atomic E-state index is 12.1. The molecule has 0 atom stereocenters. The molecule has 5 rings (SSSR count). The van der Waals surface area contributed by atoms with Crippen LogP contribution in [0.4, 0.5) is 5.69 Å². The van der Waals surface area contributed by atoms with Crippen molar-refractivity contribution in [3.8, 4) is 11.3 Å². The van der Waals surface area contributed by atoms with Crippen molar-refractivity contribution in [1.82, 2.24) is 9.55 Å². The van der Waals surface area contributed by atoms with Crippen LogP contribution in [0.5, 0.6) is 0 Å². The minimum Gasteiger partial charge on any atom is -0.478 e. The van der Waals surface area contributed by atoms with Crippen LogP contribution < -0.4 is 5.73 Å². The molecule has 0 bridgehead atoms. The Labute approximate surface area is 164 Å². The molecule has 2 fully saturated rings. The van der Waals surface area contributed by atoms with Crippen LogP contribution in [0.3, 0.4) is 0 Å². The number of nitrogens with zero attached hydrogens (tertiary/aromatic N) is 2. The van der Waals surface area contributed by atoms with E-state index in [0.29, 0.717) is 17.3 Å². The molecular formula is C23H25N3O2. The monoisotopic (exact) mass is 375 g/mol. The first-order valence-electron chi connectivity index (χ1n) is 10.1. The Morgan fingerprint density at radius 1 is 1.29 bits per heavy atom. The number of rotatable bonds is 6. The van der Waals surface area contributed by atoms with Gasteiger partial charge in [-0.1, -0.05) is 12.8 Å². The summed E-state index contributed by atoms with van der Waals surface area (Å²) in [6.07, 6.45) is 10.8. The lowest BCUT2D eigenvalue weighted by Gasteiger charge is -2.14. The van der Waals surface area contributed by atoms with E-state index in [1.807, 2.05) is 6.07 Å². The highest BCUT2D eigenvalue weighted by molar-refractivity contribution is 6.02. The van der Waals surface area contributed by atoms with Crippen LogP contribution in [-0.4, -0.2) is 20.6 Å². The minimum atomic E-state index is -1.00. The summed E-state index contributed by atoms with van der Waals surface area (Å²) >= 11 is 0. The number of carboxylic acid groups (broad SMARTS) is 1. The number of aromatic carboxylic acids is 1. The molecular weight excluding hydrogens is 350 g/mol. The number of carboxylic acids is 1. The fraction of sp³-hybridized carbons (Fsp3) is 0.391. The molecule has 144 valence electrons. The predicted molar refractivity (Wildman–Crippen MR) is 111 cm³/mol. The quantitative estimate of drug-likeness (QED) is 0.652. The zero-order chi connectivity index (χ0) is 19.4. The number of anilines is 1. The molecule has 2 aromatic heterocycles. The van der Waals surface area contributed by atoms with Crippen LogP contribution in [0.15, 0.2) is 30.6 Å².